The van der Waals surface area contributed by atoms with Crippen LogP contribution in [0, 0.1) is 24.1 Å². The Kier molecular flexibility index (Phi) is 8.41. The van der Waals surface area contributed by atoms with E-state index in [1.165, 1.54) is 42.2 Å². The lowest BCUT2D eigenvalue weighted by molar-refractivity contribution is -0.150. The van der Waals surface area contributed by atoms with Crippen LogP contribution in [0.3, 0.4) is 0 Å². The molecule has 1 aromatic carbocycles. The van der Waals surface area contributed by atoms with Crippen LogP contribution in [0.1, 0.15) is 49.4 Å². The van der Waals surface area contributed by atoms with Crippen molar-refractivity contribution in [2.24, 2.45) is 16.3 Å². The number of nitrogens with zero attached hydrogens (tertiary/aromatic N) is 4. The summed E-state index contributed by atoms with van der Waals surface area (Å²) in [6, 6.07) is 3.52. The van der Waals surface area contributed by atoms with Crippen LogP contribution in [0.5, 0.6) is 0 Å². The minimum Gasteiger partial charge on any atom is -0.481 e. The summed E-state index contributed by atoms with van der Waals surface area (Å²) in [6.07, 6.45) is 1.59. The SMILES string of the molecule is CCOC(=O)C1=C(CN2CC[C@]3(F)C(=O)N(CC(C)(C)C(=O)O)C[C@@H]3C2)NC(c2nccs2)=N[C@H]1c1ccc(F)cc1C. The molecule has 10 nitrogen and oxygen atoms in total. The zero-order valence-electron chi connectivity index (χ0n) is 24.5. The normalized spacial score (nSPS) is 24.5. The molecule has 0 aliphatic carbocycles. The molecule has 2 N–H and O–H groups in total. The first kappa shape index (κ1) is 30.7. The topological polar surface area (TPSA) is 124 Å². The largest absolute Gasteiger partial charge is 0.481 e. The molecule has 0 radical (unpaired) electrons. The van der Waals surface area contributed by atoms with E-state index >= 15 is 4.39 Å². The van der Waals surface area contributed by atoms with Crippen molar-refractivity contribution in [3.63, 3.8) is 0 Å². The first-order valence-corrected chi connectivity index (χ1v) is 15.1. The van der Waals surface area contributed by atoms with Gasteiger partial charge in [-0.25, -0.2) is 18.6 Å². The average Bonchev–Trinajstić information content (AvgIpc) is 3.56. The molecule has 3 aliphatic rings. The maximum absolute atomic E-state index is 16.1. The number of likely N-dealkylation sites (tertiary alicyclic amines) is 2. The number of carboxylic acids is 1. The van der Waals surface area contributed by atoms with Gasteiger partial charge in [0.2, 0.25) is 0 Å². The number of hydrogen-bond acceptors (Lipinski definition) is 9. The molecule has 0 bridgehead atoms. The molecule has 0 saturated carbocycles. The highest BCUT2D eigenvalue weighted by molar-refractivity contribution is 7.11. The number of aliphatic imine (C=N–C) groups is 1. The summed E-state index contributed by atoms with van der Waals surface area (Å²) in [7, 11) is 0. The standard InChI is InChI=1S/C30H35F2N5O5S/c1-5-42-26(38)22-21(34-24(25-33-9-11-43-25)35-23(22)20-7-6-19(31)12-17(20)2)15-36-10-8-30(32)18(13-36)14-37(27(30)39)16-29(3,4)28(40)41/h6-7,9,11-12,18,23H,5,8,10,13-16H2,1-4H3,(H,34,35)(H,40,41)/t18-,23-,30+/m0/s1. The number of benzene rings is 1. The van der Waals surface area contributed by atoms with Gasteiger partial charge in [-0.3, -0.25) is 19.5 Å². The Morgan fingerprint density at radius 2 is 2.07 bits per heavy atom. The molecule has 5 rings (SSSR count). The van der Waals surface area contributed by atoms with Gasteiger partial charge in [0.25, 0.3) is 5.91 Å². The van der Waals surface area contributed by atoms with E-state index in [2.05, 4.69) is 10.3 Å². The first-order valence-electron chi connectivity index (χ1n) is 14.2. The molecule has 2 aromatic rings. The molecule has 0 unspecified atom stereocenters. The summed E-state index contributed by atoms with van der Waals surface area (Å²) in [6.45, 7) is 7.29. The molecule has 3 atom stereocenters. The number of carbonyl (C=O) groups excluding carboxylic acids is 2. The second-order valence-electron chi connectivity index (χ2n) is 11.9. The summed E-state index contributed by atoms with van der Waals surface area (Å²) < 4.78 is 35.6. The lowest BCUT2D eigenvalue weighted by Crippen LogP contribution is -2.52. The second kappa shape index (κ2) is 11.8. The smallest absolute Gasteiger partial charge is 0.338 e. The molecular formula is C30H35F2N5O5S. The molecular weight excluding hydrogens is 580 g/mol. The predicted molar refractivity (Wildman–Crippen MR) is 156 cm³/mol. The Labute approximate surface area is 252 Å². The molecule has 3 aliphatic heterocycles. The summed E-state index contributed by atoms with van der Waals surface area (Å²) in [4.78, 5) is 50.8. The molecule has 0 spiro atoms. The number of halogens is 2. The van der Waals surface area contributed by atoms with Crippen LogP contribution in [-0.2, 0) is 19.1 Å². The number of thiazole rings is 1. The number of carboxylic acid groups (broad SMARTS) is 1. The Balaban J connectivity index is 1.47. The third kappa shape index (κ3) is 5.92. The van der Waals surface area contributed by atoms with Crippen LogP contribution in [-0.4, -0.2) is 88.6 Å². The lowest BCUT2D eigenvalue weighted by Gasteiger charge is -2.38. The van der Waals surface area contributed by atoms with Gasteiger partial charge in [-0.05, 0) is 51.0 Å². The number of ether oxygens (including phenoxy) is 1. The van der Waals surface area contributed by atoms with E-state index in [4.69, 9.17) is 9.73 Å². The molecule has 43 heavy (non-hydrogen) atoms. The quantitative estimate of drug-likeness (QED) is 0.411. The van der Waals surface area contributed by atoms with Gasteiger partial charge in [0.05, 0.1) is 17.6 Å². The number of fused-ring (bicyclic) bond motifs is 1. The number of piperidine rings is 1. The van der Waals surface area contributed by atoms with Gasteiger partial charge in [-0.1, -0.05) is 6.07 Å². The number of rotatable bonds is 9. The summed E-state index contributed by atoms with van der Waals surface area (Å²) in [5.74, 6) is -2.93. The monoisotopic (exact) mass is 615 g/mol. The van der Waals surface area contributed by atoms with Gasteiger partial charge in [-0.2, -0.15) is 0 Å². The number of aromatic nitrogens is 1. The minimum atomic E-state index is -2.08. The number of amides is 1. The van der Waals surface area contributed by atoms with Crippen molar-refractivity contribution in [1.29, 1.82) is 0 Å². The van der Waals surface area contributed by atoms with Crippen molar-refractivity contribution in [3.05, 3.63) is 63.0 Å². The highest BCUT2D eigenvalue weighted by Gasteiger charge is 2.58. The van der Waals surface area contributed by atoms with Crippen molar-refractivity contribution in [2.75, 3.05) is 39.3 Å². The van der Waals surface area contributed by atoms with Crippen molar-refractivity contribution in [2.45, 2.75) is 45.8 Å². The fourth-order valence-corrected chi connectivity index (χ4v) is 6.59. The molecule has 230 valence electrons. The van der Waals surface area contributed by atoms with E-state index in [9.17, 15) is 23.9 Å². The third-order valence-corrected chi connectivity index (χ3v) is 9.11. The maximum atomic E-state index is 16.1. The van der Waals surface area contributed by atoms with Gasteiger partial charge in [0, 0.05) is 62.3 Å². The van der Waals surface area contributed by atoms with Gasteiger partial charge in [-0.15, -0.1) is 11.3 Å². The van der Waals surface area contributed by atoms with Crippen molar-refractivity contribution < 1.29 is 33.0 Å². The van der Waals surface area contributed by atoms with Crippen LogP contribution < -0.4 is 5.32 Å². The first-order chi connectivity index (χ1) is 20.3. The fraction of sp³-hybridized carbons (Fsp3) is 0.500. The van der Waals surface area contributed by atoms with E-state index in [-0.39, 0.29) is 51.3 Å². The van der Waals surface area contributed by atoms with Crippen molar-refractivity contribution in [3.8, 4) is 0 Å². The van der Waals surface area contributed by atoms with E-state index < -0.39 is 46.7 Å². The number of alkyl halides is 1. The van der Waals surface area contributed by atoms with Crippen LogP contribution in [0.2, 0.25) is 0 Å². The molecule has 2 saturated heterocycles. The highest BCUT2D eigenvalue weighted by Crippen LogP contribution is 2.42. The number of hydrogen-bond donors (Lipinski definition) is 2. The maximum Gasteiger partial charge on any atom is 0.338 e. The minimum absolute atomic E-state index is 0.0591. The third-order valence-electron chi connectivity index (χ3n) is 8.33. The summed E-state index contributed by atoms with van der Waals surface area (Å²) in [5, 5.41) is 15.2. The van der Waals surface area contributed by atoms with E-state index in [1.54, 1.807) is 26.1 Å². The summed E-state index contributed by atoms with van der Waals surface area (Å²) >= 11 is 1.37. The number of esters is 1. The molecule has 4 heterocycles. The Hall–Kier alpha value is -3.71. The average molecular weight is 616 g/mol. The Morgan fingerprint density at radius 1 is 1.30 bits per heavy atom. The molecule has 1 amide bonds. The molecule has 1 aromatic heterocycles. The van der Waals surface area contributed by atoms with Gasteiger partial charge < -0.3 is 20.1 Å². The van der Waals surface area contributed by atoms with Crippen LogP contribution in [0.25, 0.3) is 0 Å². The zero-order chi connectivity index (χ0) is 31.1. The zero-order valence-corrected chi connectivity index (χ0v) is 25.3. The number of nitrogens with one attached hydrogen (secondary N) is 1. The van der Waals surface area contributed by atoms with Crippen molar-refractivity contribution >= 4 is 35.0 Å². The fourth-order valence-electron chi connectivity index (χ4n) is 6.01. The highest BCUT2D eigenvalue weighted by atomic mass is 32.1. The van der Waals surface area contributed by atoms with Crippen LogP contribution >= 0.6 is 11.3 Å². The Bertz CT molecular complexity index is 1490. The molecule has 13 heteroatoms. The van der Waals surface area contributed by atoms with E-state index in [0.29, 0.717) is 27.7 Å². The number of aryl methyl sites for hydroxylation is 1. The predicted octanol–water partition coefficient (Wildman–Crippen LogP) is 3.48. The lowest BCUT2D eigenvalue weighted by atomic mass is 9.84. The number of carbonyl (C=O) groups is 3. The Morgan fingerprint density at radius 3 is 2.72 bits per heavy atom. The van der Waals surface area contributed by atoms with Crippen molar-refractivity contribution in [1.82, 2.24) is 20.1 Å². The number of amidine groups is 1. The molecule has 2 fully saturated rings. The van der Waals surface area contributed by atoms with Crippen LogP contribution in [0.15, 0.2) is 46.0 Å². The van der Waals surface area contributed by atoms with E-state index in [1.807, 2.05) is 10.3 Å². The number of aliphatic carboxylic acids is 1. The van der Waals surface area contributed by atoms with E-state index in [0.717, 1.165) is 0 Å². The van der Waals surface area contributed by atoms with Gasteiger partial charge >= 0.3 is 11.9 Å². The van der Waals surface area contributed by atoms with Gasteiger partial charge in [0.1, 0.15) is 11.9 Å². The summed E-state index contributed by atoms with van der Waals surface area (Å²) in [5.41, 5.74) is -1.27. The second-order valence-corrected chi connectivity index (χ2v) is 12.8. The van der Waals surface area contributed by atoms with Gasteiger partial charge in [0.15, 0.2) is 16.5 Å². The van der Waals surface area contributed by atoms with Crippen LogP contribution in [0.4, 0.5) is 8.78 Å².